The third kappa shape index (κ3) is 3.96. The van der Waals surface area contributed by atoms with Crippen molar-refractivity contribution in [3.8, 4) is 5.75 Å². The summed E-state index contributed by atoms with van der Waals surface area (Å²) in [6.45, 7) is 5.16. The Morgan fingerprint density at radius 2 is 2.00 bits per heavy atom. The molecular weight excluding hydrogens is 294 g/mol. The first-order valence-electron chi connectivity index (χ1n) is 6.94. The molecule has 1 aliphatic rings. The van der Waals surface area contributed by atoms with Crippen molar-refractivity contribution in [2.45, 2.75) is 26.7 Å². The summed E-state index contributed by atoms with van der Waals surface area (Å²) in [6.07, 6.45) is 1.25. The number of nitrogens with two attached hydrogens (primary N) is 1. The van der Waals surface area contributed by atoms with Crippen LogP contribution in [0.15, 0.2) is 0 Å². The second-order valence-corrected chi connectivity index (χ2v) is 7.45. The molecule has 1 fully saturated rings. The first kappa shape index (κ1) is 16.3. The van der Waals surface area contributed by atoms with E-state index in [1.807, 2.05) is 20.9 Å². The van der Waals surface area contributed by atoms with Gasteiger partial charge in [0.05, 0.1) is 18.1 Å². The van der Waals surface area contributed by atoms with Gasteiger partial charge in [-0.1, -0.05) is 0 Å². The van der Waals surface area contributed by atoms with Gasteiger partial charge in [-0.2, -0.15) is 5.10 Å². The molecule has 120 valence electrons. The van der Waals surface area contributed by atoms with Gasteiger partial charge in [0.1, 0.15) is 5.69 Å². The number of aromatic nitrogens is 2. The van der Waals surface area contributed by atoms with E-state index in [1.165, 1.54) is 0 Å². The molecule has 0 spiro atoms. The molecular formula is C13H23N3O4S. The number of primary sulfonamides is 1. The zero-order valence-electron chi connectivity index (χ0n) is 12.8. The largest absolute Gasteiger partial charge is 0.489 e. The Labute approximate surface area is 125 Å². The molecule has 1 saturated heterocycles. The average molecular weight is 317 g/mol. The van der Waals surface area contributed by atoms with Crippen molar-refractivity contribution >= 4 is 10.0 Å². The van der Waals surface area contributed by atoms with E-state index in [4.69, 9.17) is 14.6 Å². The fourth-order valence-corrected chi connectivity index (χ4v) is 3.98. The summed E-state index contributed by atoms with van der Waals surface area (Å²) in [7, 11) is -1.71. The summed E-state index contributed by atoms with van der Waals surface area (Å²) in [6, 6.07) is 0. The van der Waals surface area contributed by atoms with E-state index >= 15 is 0 Å². The molecule has 1 aromatic rings. The maximum Gasteiger partial charge on any atom is 0.209 e. The second-order valence-electron chi connectivity index (χ2n) is 5.83. The van der Waals surface area contributed by atoms with Gasteiger partial charge in [0.25, 0.3) is 0 Å². The van der Waals surface area contributed by atoms with Gasteiger partial charge in [-0.3, -0.25) is 4.68 Å². The van der Waals surface area contributed by atoms with E-state index in [-0.39, 0.29) is 5.75 Å². The van der Waals surface area contributed by atoms with Crippen molar-refractivity contribution in [1.82, 2.24) is 9.78 Å². The molecule has 0 saturated carbocycles. The molecule has 2 rings (SSSR count). The summed E-state index contributed by atoms with van der Waals surface area (Å²) in [5, 5.41) is 9.54. The van der Waals surface area contributed by atoms with Crippen LogP contribution < -0.4 is 9.88 Å². The third-order valence-electron chi connectivity index (χ3n) is 4.03. The highest BCUT2D eigenvalue weighted by atomic mass is 32.2. The van der Waals surface area contributed by atoms with Gasteiger partial charge in [-0.25, -0.2) is 13.6 Å². The van der Waals surface area contributed by atoms with Gasteiger partial charge in [-0.15, -0.1) is 0 Å². The first-order valence-corrected chi connectivity index (χ1v) is 8.65. The number of sulfonamides is 1. The minimum absolute atomic E-state index is 0.0816. The molecule has 2 heterocycles. The molecule has 1 aromatic heterocycles. The predicted octanol–water partition coefficient (Wildman–Crippen LogP) is 0.501. The van der Waals surface area contributed by atoms with Crippen LogP contribution in [0, 0.1) is 19.3 Å². The molecule has 0 atom stereocenters. The Balaban J connectivity index is 2.16. The topological polar surface area (TPSA) is 96.4 Å². The van der Waals surface area contributed by atoms with Crippen LogP contribution in [0.4, 0.5) is 0 Å². The molecule has 21 heavy (non-hydrogen) atoms. The van der Waals surface area contributed by atoms with Gasteiger partial charge in [-0.05, 0) is 26.7 Å². The molecule has 0 radical (unpaired) electrons. The molecule has 7 nitrogen and oxygen atoms in total. The van der Waals surface area contributed by atoms with Crippen molar-refractivity contribution in [3.05, 3.63) is 11.4 Å². The van der Waals surface area contributed by atoms with E-state index < -0.39 is 15.4 Å². The summed E-state index contributed by atoms with van der Waals surface area (Å²) in [5.41, 5.74) is 1.23. The minimum Gasteiger partial charge on any atom is -0.489 e. The zero-order chi connectivity index (χ0) is 15.7. The normalized spacial score (nSPS) is 18.7. The smallest absolute Gasteiger partial charge is 0.209 e. The Morgan fingerprint density at radius 3 is 2.48 bits per heavy atom. The maximum atomic E-state index is 11.5. The predicted molar refractivity (Wildman–Crippen MR) is 78.6 cm³/mol. The Bertz CT molecular complexity index is 603. The lowest BCUT2D eigenvalue weighted by Crippen LogP contribution is -2.42. The first-order chi connectivity index (χ1) is 9.72. The fraction of sp³-hybridized carbons (Fsp3) is 0.769. The number of nitrogens with zero attached hydrogens (tertiary/aromatic N) is 2. The highest BCUT2D eigenvalue weighted by Crippen LogP contribution is 2.33. The number of hydrogen-bond acceptors (Lipinski definition) is 5. The van der Waals surface area contributed by atoms with Crippen molar-refractivity contribution in [3.63, 3.8) is 0 Å². The Kier molecular flexibility index (Phi) is 4.60. The van der Waals surface area contributed by atoms with Crippen LogP contribution in [0.2, 0.25) is 0 Å². The average Bonchev–Trinajstić information content (AvgIpc) is 2.60. The highest BCUT2D eigenvalue weighted by Gasteiger charge is 2.37. The molecule has 0 aromatic carbocycles. The van der Waals surface area contributed by atoms with Crippen molar-refractivity contribution in [2.24, 2.45) is 17.6 Å². The van der Waals surface area contributed by atoms with Crippen LogP contribution in [0.25, 0.3) is 0 Å². The van der Waals surface area contributed by atoms with Crippen LogP contribution >= 0.6 is 0 Å². The minimum atomic E-state index is -3.56. The van der Waals surface area contributed by atoms with Crippen LogP contribution in [0.1, 0.15) is 24.2 Å². The van der Waals surface area contributed by atoms with Crippen LogP contribution in [-0.2, 0) is 21.8 Å². The number of aryl methyl sites for hydroxylation is 2. The van der Waals surface area contributed by atoms with E-state index in [1.54, 1.807) is 4.68 Å². The molecule has 0 unspecified atom stereocenters. The highest BCUT2D eigenvalue weighted by molar-refractivity contribution is 7.89. The zero-order valence-corrected chi connectivity index (χ0v) is 13.6. The summed E-state index contributed by atoms with van der Waals surface area (Å²) >= 11 is 0. The molecule has 8 heteroatoms. The van der Waals surface area contributed by atoms with Crippen molar-refractivity contribution < 1.29 is 17.9 Å². The Hall–Kier alpha value is -1.12. The van der Waals surface area contributed by atoms with Gasteiger partial charge in [0.2, 0.25) is 10.0 Å². The van der Waals surface area contributed by atoms with Gasteiger partial charge >= 0.3 is 0 Å². The lowest BCUT2D eigenvalue weighted by Gasteiger charge is -2.36. The lowest BCUT2D eigenvalue weighted by atomic mass is 9.83. The molecule has 1 aliphatic heterocycles. The molecule has 0 bridgehead atoms. The van der Waals surface area contributed by atoms with Crippen LogP contribution in [0.5, 0.6) is 5.75 Å². The van der Waals surface area contributed by atoms with Gasteiger partial charge < -0.3 is 9.47 Å². The molecule has 0 aliphatic carbocycles. The maximum absolute atomic E-state index is 11.5. The van der Waals surface area contributed by atoms with Crippen LogP contribution in [-0.4, -0.2) is 43.8 Å². The van der Waals surface area contributed by atoms with Crippen LogP contribution in [0.3, 0.4) is 0 Å². The Morgan fingerprint density at radius 1 is 1.38 bits per heavy atom. The summed E-state index contributed by atoms with van der Waals surface area (Å²) in [5.74, 6) is 0.639. The van der Waals surface area contributed by atoms with Gasteiger partial charge in [0.15, 0.2) is 5.75 Å². The van der Waals surface area contributed by atoms with Crippen molar-refractivity contribution in [2.75, 3.05) is 25.6 Å². The molecule has 2 N–H and O–H groups in total. The van der Waals surface area contributed by atoms with E-state index in [2.05, 4.69) is 5.10 Å². The standard InChI is InChI=1S/C13H23N3O4S/c1-10-12(11(2)16(3)15-10)20-8-13(9-21(14,17)18)4-6-19-7-5-13/h4-9H2,1-3H3,(H2,14,17,18). The lowest BCUT2D eigenvalue weighted by molar-refractivity contribution is 0.00185. The van der Waals surface area contributed by atoms with E-state index in [9.17, 15) is 8.42 Å². The summed E-state index contributed by atoms with van der Waals surface area (Å²) in [4.78, 5) is 0. The number of ether oxygens (including phenoxy) is 2. The second kappa shape index (κ2) is 5.94. The molecule has 0 amide bonds. The van der Waals surface area contributed by atoms with Crippen molar-refractivity contribution in [1.29, 1.82) is 0 Å². The van der Waals surface area contributed by atoms with E-state index in [0.29, 0.717) is 32.7 Å². The number of rotatable bonds is 5. The quantitative estimate of drug-likeness (QED) is 0.853. The fourth-order valence-electron chi connectivity index (χ4n) is 2.75. The SMILES string of the molecule is Cc1nn(C)c(C)c1OCC1(CS(N)(=O)=O)CCOCC1. The summed E-state index contributed by atoms with van der Waals surface area (Å²) < 4.78 is 36.0. The monoisotopic (exact) mass is 317 g/mol. The van der Waals surface area contributed by atoms with E-state index in [0.717, 1.165) is 17.1 Å². The third-order valence-corrected chi connectivity index (χ3v) is 5.04. The van der Waals surface area contributed by atoms with Gasteiger partial charge in [0, 0.05) is 25.7 Å². The number of hydrogen-bond donors (Lipinski definition) is 1.